The molecule has 6 nitrogen and oxygen atoms in total. The van der Waals surface area contributed by atoms with Gasteiger partial charge in [0.1, 0.15) is 5.75 Å². The Morgan fingerprint density at radius 2 is 1.66 bits per heavy atom. The molecule has 3 aromatic carbocycles. The highest BCUT2D eigenvalue weighted by atomic mass is 16.5. The Kier molecular flexibility index (Phi) is 4.99. The van der Waals surface area contributed by atoms with Crippen LogP contribution in [0.25, 0.3) is 22.3 Å². The summed E-state index contributed by atoms with van der Waals surface area (Å²) < 4.78 is 6.33. The van der Waals surface area contributed by atoms with Crippen LogP contribution in [0.2, 0.25) is 0 Å². The molecule has 0 aliphatic heterocycles. The van der Waals surface area contributed by atoms with E-state index in [2.05, 4.69) is 10.1 Å². The van der Waals surface area contributed by atoms with E-state index in [1.165, 1.54) is 11.6 Å². The molecule has 4 rings (SSSR count). The highest BCUT2D eigenvalue weighted by Crippen LogP contribution is 2.18. The Labute approximate surface area is 166 Å². The molecule has 0 aliphatic carbocycles. The van der Waals surface area contributed by atoms with Crippen molar-refractivity contribution in [2.75, 3.05) is 0 Å². The Morgan fingerprint density at radius 1 is 0.966 bits per heavy atom. The van der Waals surface area contributed by atoms with E-state index >= 15 is 0 Å². The summed E-state index contributed by atoms with van der Waals surface area (Å²) in [6.07, 6.45) is 1.57. The number of hydrogen-bond donors (Lipinski definition) is 0. The molecule has 0 bridgehead atoms. The number of esters is 1. The normalized spacial score (nSPS) is 11.1. The van der Waals surface area contributed by atoms with Crippen LogP contribution in [0.3, 0.4) is 0 Å². The van der Waals surface area contributed by atoms with Crippen molar-refractivity contribution in [1.82, 2.24) is 9.66 Å². The van der Waals surface area contributed by atoms with E-state index in [9.17, 15) is 9.59 Å². The van der Waals surface area contributed by atoms with Gasteiger partial charge in [0.05, 0.1) is 17.1 Å². The van der Waals surface area contributed by atoms with Crippen LogP contribution < -0.4 is 10.3 Å². The van der Waals surface area contributed by atoms with Crippen molar-refractivity contribution in [3.05, 3.63) is 94.8 Å². The number of aromatic nitrogens is 2. The van der Waals surface area contributed by atoms with Crippen molar-refractivity contribution in [2.45, 2.75) is 6.92 Å². The fraction of sp³-hybridized carbons (Fsp3) is 0.0435. The van der Waals surface area contributed by atoms with Crippen LogP contribution in [0.5, 0.6) is 5.75 Å². The lowest BCUT2D eigenvalue weighted by atomic mass is 10.2. The number of carbonyl (C=O) groups is 1. The topological polar surface area (TPSA) is 73.5 Å². The first-order valence-electron chi connectivity index (χ1n) is 9.02. The summed E-state index contributed by atoms with van der Waals surface area (Å²) >= 11 is 0. The van der Waals surface area contributed by atoms with Crippen LogP contribution in [-0.2, 0) is 4.79 Å². The third-order valence-electron chi connectivity index (χ3n) is 4.25. The fourth-order valence-corrected chi connectivity index (χ4v) is 2.92. The van der Waals surface area contributed by atoms with Gasteiger partial charge in [-0.05, 0) is 42.0 Å². The average Bonchev–Trinajstić information content (AvgIpc) is 2.74. The van der Waals surface area contributed by atoms with Gasteiger partial charge in [-0.25, -0.2) is 4.98 Å². The van der Waals surface area contributed by atoms with Gasteiger partial charge in [0.2, 0.25) is 0 Å². The second-order valence-corrected chi connectivity index (χ2v) is 6.34. The van der Waals surface area contributed by atoms with Crippen LogP contribution in [0.4, 0.5) is 0 Å². The van der Waals surface area contributed by atoms with Crippen molar-refractivity contribution in [1.29, 1.82) is 0 Å². The van der Waals surface area contributed by atoms with Crippen LogP contribution in [0, 0.1) is 0 Å². The standard InChI is InChI=1S/C23H17N3O3/c1-16(27)29-19-13-11-17(12-14-19)15-24-26-22(18-7-3-2-4-8-18)25-21-10-6-5-9-20(21)23(26)28/h2-15H,1H3. The van der Waals surface area contributed by atoms with Crippen LogP contribution in [-0.4, -0.2) is 21.8 Å². The summed E-state index contributed by atoms with van der Waals surface area (Å²) in [7, 11) is 0. The minimum atomic E-state index is -0.382. The third kappa shape index (κ3) is 3.96. The lowest BCUT2D eigenvalue weighted by molar-refractivity contribution is -0.131. The van der Waals surface area contributed by atoms with Gasteiger partial charge in [-0.1, -0.05) is 42.5 Å². The SMILES string of the molecule is CC(=O)Oc1ccc(C=Nn2c(-c3ccccc3)nc3ccccc3c2=O)cc1. The average molecular weight is 383 g/mol. The molecule has 0 radical (unpaired) electrons. The van der Waals surface area contributed by atoms with Gasteiger partial charge in [0, 0.05) is 12.5 Å². The van der Waals surface area contributed by atoms with Gasteiger partial charge in [-0.15, -0.1) is 0 Å². The summed E-state index contributed by atoms with van der Waals surface area (Å²) in [4.78, 5) is 28.8. The van der Waals surface area contributed by atoms with Gasteiger partial charge in [-0.3, -0.25) is 9.59 Å². The van der Waals surface area contributed by atoms with Gasteiger partial charge in [0.15, 0.2) is 5.82 Å². The molecule has 0 saturated heterocycles. The minimum Gasteiger partial charge on any atom is -0.427 e. The van der Waals surface area contributed by atoms with Crippen molar-refractivity contribution < 1.29 is 9.53 Å². The van der Waals surface area contributed by atoms with Gasteiger partial charge >= 0.3 is 5.97 Å². The highest BCUT2D eigenvalue weighted by Gasteiger charge is 2.11. The van der Waals surface area contributed by atoms with Crippen LogP contribution >= 0.6 is 0 Å². The molecule has 0 unspecified atom stereocenters. The maximum atomic E-state index is 13.1. The molecule has 0 fully saturated rings. The van der Waals surface area contributed by atoms with E-state index in [0.717, 1.165) is 11.1 Å². The Balaban J connectivity index is 1.80. The highest BCUT2D eigenvalue weighted by molar-refractivity contribution is 5.82. The van der Waals surface area contributed by atoms with E-state index in [0.29, 0.717) is 22.5 Å². The number of fused-ring (bicyclic) bond motifs is 1. The predicted molar refractivity (Wildman–Crippen MR) is 112 cm³/mol. The second-order valence-electron chi connectivity index (χ2n) is 6.34. The molecule has 1 heterocycles. The van der Waals surface area contributed by atoms with Gasteiger partial charge in [-0.2, -0.15) is 9.78 Å². The first kappa shape index (κ1) is 18.3. The molecule has 6 heteroatoms. The van der Waals surface area contributed by atoms with Gasteiger partial charge in [0.25, 0.3) is 5.56 Å². The number of rotatable bonds is 4. The van der Waals surface area contributed by atoms with E-state index in [-0.39, 0.29) is 11.5 Å². The minimum absolute atomic E-state index is 0.248. The monoisotopic (exact) mass is 383 g/mol. The zero-order valence-corrected chi connectivity index (χ0v) is 15.6. The molecule has 29 heavy (non-hydrogen) atoms. The van der Waals surface area contributed by atoms with E-state index in [1.807, 2.05) is 42.5 Å². The molecule has 4 aromatic rings. The fourth-order valence-electron chi connectivity index (χ4n) is 2.92. The number of carbonyl (C=O) groups excluding carboxylic acids is 1. The third-order valence-corrected chi connectivity index (χ3v) is 4.25. The van der Waals surface area contributed by atoms with Gasteiger partial charge < -0.3 is 4.74 Å². The van der Waals surface area contributed by atoms with E-state index in [4.69, 9.17) is 4.74 Å². The number of benzene rings is 3. The van der Waals surface area contributed by atoms with E-state index in [1.54, 1.807) is 42.6 Å². The summed E-state index contributed by atoms with van der Waals surface area (Å²) in [6, 6.07) is 23.5. The quantitative estimate of drug-likeness (QED) is 0.305. The molecule has 0 saturated carbocycles. The number of para-hydroxylation sites is 1. The maximum Gasteiger partial charge on any atom is 0.308 e. The Hall–Kier alpha value is -4.06. The van der Waals surface area contributed by atoms with Crippen molar-refractivity contribution in [3.8, 4) is 17.1 Å². The number of ether oxygens (including phenoxy) is 1. The zero-order chi connectivity index (χ0) is 20.2. The lowest BCUT2D eigenvalue weighted by Crippen LogP contribution is -2.20. The van der Waals surface area contributed by atoms with E-state index < -0.39 is 0 Å². The molecule has 0 amide bonds. The Morgan fingerprint density at radius 3 is 2.38 bits per heavy atom. The molecule has 0 atom stereocenters. The van der Waals surface area contributed by atoms with Crippen LogP contribution in [0.15, 0.2) is 88.8 Å². The number of hydrogen-bond acceptors (Lipinski definition) is 5. The second kappa shape index (κ2) is 7.90. The first-order valence-corrected chi connectivity index (χ1v) is 9.02. The molecule has 1 aromatic heterocycles. The van der Waals surface area contributed by atoms with Crippen LogP contribution in [0.1, 0.15) is 12.5 Å². The molecular formula is C23H17N3O3. The largest absolute Gasteiger partial charge is 0.427 e. The van der Waals surface area contributed by atoms with Crippen molar-refractivity contribution >= 4 is 23.1 Å². The molecule has 0 spiro atoms. The summed E-state index contributed by atoms with van der Waals surface area (Å²) in [5.74, 6) is 0.527. The lowest BCUT2D eigenvalue weighted by Gasteiger charge is -2.09. The molecule has 142 valence electrons. The molecule has 0 N–H and O–H groups in total. The number of nitrogens with zero attached hydrogens (tertiary/aromatic N) is 3. The smallest absolute Gasteiger partial charge is 0.308 e. The molecule has 0 aliphatic rings. The maximum absolute atomic E-state index is 13.1. The predicted octanol–water partition coefficient (Wildman–Crippen LogP) is 3.87. The zero-order valence-electron chi connectivity index (χ0n) is 15.6. The first-order chi connectivity index (χ1) is 14.1. The molecular weight excluding hydrogens is 366 g/mol. The van der Waals surface area contributed by atoms with Crippen molar-refractivity contribution in [2.24, 2.45) is 5.10 Å². The van der Waals surface area contributed by atoms with Crippen molar-refractivity contribution in [3.63, 3.8) is 0 Å². The Bertz CT molecular complexity index is 1260. The summed E-state index contributed by atoms with van der Waals surface area (Å²) in [5.41, 5.74) is 1.91. The summed E-state index contributed by atoms with van der Waals surface area (Å²) in [6.45, 7) is 1.35. The summed E-state index contributed by atoms with van der Waals surface area (Å²) in [5, 5.41) is 4.90.